The maximum absolute atomic E-state index is 12.4. The summed E-state index contributed by atoms with van der Waals surface area (Å²) in [5, 5.41) is 7.69. The molecule has 0 radical (unpaired) electrons. The minimum Gasteiger partial charge on any atom is -0.439 e. The topological polar surface area (TPSA) is 114 Å². The summed E-state index contributed by atoms with van der Waals surface area (Å²) >= 11 is 0. The number of ether oxygens (including phenoxy) is 2. The van der Waals surface area contributed by atoms with E-state index in [1.807, 2.05) is 0 Å². The normalized spacial score (nSPS) is 13.0. The van der Waals surface area contributed by atoms with Crippen LogP contribution in [0.4, 0.5) is 35.2 Å². The van der Waals surface area contributed by atoms with E-state index in [9.17, 15) is 22.8 Å². The number of anilines is 3. The molecular weight excluding hydrogens is 455 g/mol. The SMILES string of the molecule is O=C(Nc1cccc(Oc2cc(NC(=O)C3CC3)ncn2)c1)Nc1cccc(OC(F)(F)F)c1. The minimum atomic E-state index is -4.84. The molecule has 0 saturated heterocycles. The number of hydrogen-bond acceptors (Lipinski definition) is 6. The second-order valence-electron chi connectivity index (χ2n) is 7.29. The number of nitrogens with zero attached hydrogens (tertiary/aromatic N) is 2. The van der Waals surface area contributed by atoms with Crippen LogP contribution in [0.3, 0.4) is 0 Å². The van der Waals surface area contributed by atoms with Gasteiger partial charge in [0.2, 0.25) is 11.8 Å². The first-order valence-electron chi connectivity index (χ1n) is 10.1. The van der Waals surface area contributed by atoms with Crippen LogP contribution < -0.4 is 25.4 Å². The Morgan fingerprint density at radius 1 is 0.882 bits per heavy atom. The molecule has 0 aliphatic heterocycles. The van der Waals surface area contributed by atoms with E-state index in [1.54, 1.807) is 18.2 Å². The average Bonchev–Trinajstić information content (AvgIpc) is 3.59. The summed E-state index contributed by atoms with van der Waals surface area (Å²) in [6.07, 6.45) is -1.86. The Kier molecular flexibility index (Phi) is 6.48. The summed E-state index contributed by atoms with van der Waals surface area (Å²) in [6, 6.07) is 12.0. The van der Waals surface area contributed by atoms with Crippen molar-refractivity contribution in [3.63, 3.8) is 0 Å². The number of carbonyl (C=O) groups excluding carboxylic acids is 2. The predicted octanol–water partition coefficient (Wildman–Crippen LogP) is 5.16. The molecule has 1 aromatic heterocycles. The molecule has 12 heteroatoms. The molecule has 1 aliphatic rings. The molecule has 3 N–H and O–H groups in total. The fraction of sp³-hybridized carbons (Fsp3) is 0.182. The van der Waals surface area contributed by atoms with E-state index in [2.05, 4.69) is 30.7 Å². The fourth-order valence-electron chi connectivity index (χ4n) is 2.86. The third-order valence-electron chi connectivity index (χ3n) is 4.48. The Labute approximate surface area is 191 Å². The van der Waals surface area contributed by atoms with E-state index < -0.39 is 18.1 Å². The van der Waals surface area contributed by atoms with Crippen molar-refractivity contribution in [1.29, 1.82) is 0 Å². The van der Waals surface area contributed by atoms with E-state index in [-0.39, 0.29) is 23.4 Å². The molecule has 4 rings (SSSR count). The van der Waals surface area contributed by atoms with Crippen LogP contribution in [-0.4, -0.2) is 28.3 Å². The average molecular weight is 473 g/mol. The fourth-order valence-corrected chi connectivity index (χ4v) is 2.86. The van der Waals surface area contributed by atoms with Crippen LogP contribution in [0.15, 0.2) is 60.9 Å². The number of rotatable bonds is 7. The number of urea groups is 1. The first-order valence-corrected chi connectivity index (χ1v) is 10.1. The van der Waals surface area contributed by atoms with Gasteiger partial charge >= 0.3 is 12.4 Å². The quantitative estimate of drug-likeness (QED) is 0.437. The maximum Gasteiger partial charge on any atom is 0.573 e. The third-order valence-corrected chi connectivity index (χ3v) is 4.48. The van der Waals surface area contributed by atoms with Gasteiger partial charge in [-0.05, 0) is 37.1 Å². The lowest BCUT2D eigenvalue weighted by Crippen LogP contribution is -2.20. The van der Waals surface area contributed by atoms with Gasteiger partial charge in [0.05, 0.1) is 0 Å². The molecule has 34 heavy (non-hydrogen) atoms. The Morgan fingerprint density at radius 2 is 1.53 bits per heavy atom. The van der Waals surface area contributed by atoms with Crippen molar-refractivity contribution in [2.75, 3.05) is 16.0 Å². The Bertz CT molecular complexity index is 1200. The lowest BCUT2D eigenvalue weighted by Gasteiger charge is -2.12. The highest BCUT2D eigenvalue weighted by Crippen LogP contribution is 2.30. The predicted molar refractivity (Wildman–Crippen MR) is 116 cm³/mol. The van der Waals surface area contributed by atoms with Crippen molar-refractivity contribution >= 4 is 29.1 Å². The van der Waals surface area contributed by atoms with Crippen LogP contribution >= 0.6 is 0 Å². The van der Waals surface area contributed by atoms with E-state index in [1.165, 1.54) is 30.6 Å². The number of halogens is 3. The number of alkyl halides is 3. The molecule has 1 saturated carbocycles. The molecule has 0 unspecified atom stereocenters. The largest absolute Gasteiger partial charge is 0.573 e. The monoisotopic (exact) mass is 473 g/mol. The first kappa shape index (κ1) is 22.8. The molecule has 3 amide bonds. The number of aromatic nitrogens is 2. The molecule has 3 aromatic rings. The van der Waals surface area contributed by atoms with Gasteiger partial charge in [-0.3, -0.25) is 4.79 Å². The van der Waals surface area contributed by atoms with Crippen molar-refractivity contribution in [1.82, 2.24) is 9.97 Å². The molecule has 0 atom stereocenters. The number of hydrogen-bond donors (Lipinski definition) is 3. The van der Waals surface area contributed by atoms with E-state index in [0.29, 0.717) is 17.3 Å². The second-order valence-corrected chi connectivity index (χ2v) is 7.29. The van der Waals surface area contributed by atoms with Crippen LogP contribution in [0.5, 0.6) is 17.4 Å². The van der Waals surface area contributed by atoms with Crippen molar-refractivity contribution in [2.24, 2.45) is 5.92 Å². The van der Waals surface area contributed by atoms with Crippen LogP contribution in [0.2, 0.25) is 0 Å². The van der Waals surface area contributed by atoms with Gasteiger partial charge in [-0.15, -0.1) is 13.2 Å². The smallest absolute Gasteiger partial charge is 0.439 e. The molecule has 1 aliphatic carbocycles. The van der Waals surface area contributed by atoms with Crippen molar-refractivity contribution in [3.8, 4) is 17.4 Å². The molecule has 1 heterocycles. The van der Waals surface area contributed by atoms with E-state index in [0.717, 1.165) is 25.0 Å². The summed E-state index contributed by atoms with van der Waals surface area (Å²) in [7, 11) is 0. The van der Waals surface area contributed by atoms with Gasteiger partial charge in [0.25, 0.3) is 0 Å². The van der Waals surface area contributed by atoms with E-state index in [4.69, 9.17) is 4.74 Å². The van der Waals surface area contributed by atoms with Gasteiger partial charge in [-0.25, -0.2) is 14.8 Å². The van der Waals surface area contributed by atoms with Crippen molar-refractivity contribution in [3.05, 3.63) is 60.9 Å². The summed E-state index contributed by atoms with van der Waals surface area (Å²) in [4.78, 5) is 32.2. The maximum atomic E-state index is 12.4. The van der Waals surface area contributed by atoms with E-state index >= 15 is 0 Å². The highest BCUT2D eigenvalue weighted by atomic mass is 19.4. The lowest BCUT2D eigenvalue weighted by atomic mass is 10.3. The number of carbonyl (C=O) groups is 2. The summed E-state index contributed by atoms with van der Waals surface area (Å²) in [6.45, 7) is 0. The highest BCUT2D eigenvalue weighted by molar-refractivity contribution is 6.00. The lowest BCUT2D eigenvalue weighted by molar-refractivity contribution is -0.274. The zero-order valence-electron chi connectivity index (χ0n) is 17.4. The van der Waals surface area contributed by atoms with Gasteiger partial charge in [0.15, 0.2) is 0 Å². The van der Waals surface area contributed by atoms with Crippen molar-refractivity contribution < 1.29 is 32.2 Å². The van der Waals surface area contributed by atoms with Gasteiger partial charge in [-0.1, -0.05) is 12.1 Å². The Balaban J connectivity index is 1.36. The number of nitrogens with one attached hydrogen (secondary N) is 3. The Hall–Kier alpha value is -4.35. The molecule has 2 aromatic carbocycles. The first-order chi connectivity index (χ1) is 16.2. The second kappa shape index (κ2) is 9.65. The summed E-state index contributed by atoms with van der Waals surface area (Å²) in [5.41, 5.74) is 0.461. The molecular formula is C22H18F3N5O4. The zero-order valence-corrected chi connectivity index (χ0v) is 17.4. The standard InChI is InChI=1S/C22H18F3N5O4/c23-22(24,25)34-17-6-2-4-15(10-17)29-21(32)28-14-3-1-5-16(9-14)33-19-11-18(26-12-27-19)30-20(31)13-7-8-13/h1-6,9-13H,7-8H2,(H2,28,29,32)(H,26,27,30,31). The highest BCUT2D eigenvalue weighted by Gasteiger charge is 2.31. The van der Waals surface area contributed by atoms with Crippen LogP contribution in [0.1, 0.15) is 12.8 Å². The number of benzene rings is 2. The molecule has 1 fully saturated rings. The van der Waals surface area contributed by atoms with Crippen LogP contribution in [0.25, 0.3) is 0 Å². The van der Waals surface area contributed by atoms with Crippen LogP contribution in [-0.2, 0) is 4.79 Å². The molecule has 176 valence electrons. The number of amides is 3. The zero-order chi connectivity index (χ0) is 24.1. The summed E-state index contributed by atoms with van der Waals surface area (Å²) < 4.78 is 46.6. The van der Waals surface area contributed by atoms with Crippen molar-refractivity contribution in [2.45, 2.75) is 19.2 Å². The Morgan fingerprint density at radius 3 is 2.18 bits per heavy atom. The molecule has 9 nitrogen and oxygen atoms in total. The molecule has 0 spiro atoms. The minimum absolute atomic E-state index is 0.0212. The van der Waals surface area contributed by atoms with Gasteiger partial charge in [-0.2, -0.15) is 0 Å². The van der Waals surface area contributed by atoms with Crippen LogP contribution in [0, 0.1) is 5.92 Å². The third kappa shape index (κ3) is 6.82. The summed E-state index contributed by atoms with van der Waals surface area (Å²) in [5.74, 6) is 0.302. The molecule has 0 bridgehead atoms. The van der Waals surface area contributed by atoms with Gasteiger partial charge in [0, 0.05) is 35.5 Å². The van der Waals surface area contributed by atoms with Gasteiger partial charge in [0.1, 0.15) is 23.6 Å². The van der Waals surface area contributed by atoms with Gasteiger partial charge < -0.3 is 25.4 Å².